The minimum absolute atomic E-state index is 0.0292. The van der Waals surface area contributed by atoms with E-state index in [0.29, 0.717) is 29.5 Å². The molecule has 2 aliphatic heterocycles. The summed E-state index contributed by atoms with van der Waals surface area (Å²) in [5.41, 5.74) is 3.27. The van der Waals surface area contributed by atoms with Crippen LogP contribution in [0.25, 0.3) is 11.3 Å². The van der Waals surface area contributed by atoms with Gasteiger partial charge in [0, 0.05) is 43.3 Å². The molecule has 0 atom stereocenters. The molecule has 0 aliphatic carbocycles. The SMILES string of the molecule is O=C(c1cc(-c2cccc(Cl)c2)n[nH]1)N1CCN(Cc2ccc3c(c2)OCO3)CC1. The largest absolute Gasteiger partial charge is 0.454 e. The van der Waals surface area contributed by atoms with Gasteiger partial charge in [-0.05, 0) is 35.9 Å². The van der Waals surface area contributed by atoms with Crippen LogP contribution < -0.4 is 9.47 Å². The third-order valence-electron chi connectivity index (χ3n) is 5.43. The Kier molecular flexibility index (Phi) is 5.06. The fourth-order valence-electron chi connectivity index (χ4n) is 3.80. The average Bonchev–Trinajstić information content (AvgIpc) is 3.43. The van der Waals surface area contributed by atoms with E-state index in [2.05, 4.69) is 21.2 Å². The molecule has 7 nitrogen and oxygen atoms in total. The molecule has 5 rings (SSSR count). The van der Waals surface area contributed by atoms with Crippen LogP contribution in [-0.4, -0.2) is 58.9 Å². The van der Waals surface area contributed by atoms with E-state index < -0.39 is 0 Å². The quantitative estimate of drug-likeness (QED) is 0.695. The van der Waals surface area contributed by atoms with Gasteiger partial charge in [0.1, 0.15) is 5.69 Å². The summed E-state index contributed by atoms with van der Waals surface area (Å²) in [4.78, 5) is 17.1. The lowest BCUT2D eigenvalue weighted by Crippen LogP contribution is -2.48. The van der Waals surface area contributed by atoms with Crippen LogP contribution in [0, 0.1) is 0 Å². The van der Waals surface area contributed by atoms with Crippen molar-refractivity contribution in [2.75, 3.05) is 33.0 Å². The van der Waals surface area contributed by atoms with Gasteiger partial charge in [0.2, 0.25) is 6.79 Å². The average molecular weight is 425 g/mol. The number of nitrogens with one attached hydrogen (secondary N) is 1. The number of hydrogen-bond acceptors (Lipinski definition) is 5. The van der Waals surface area contributed by atoms with Crippen LogP contribution in [-0.2, 0) is 6.54 Å². The number of aromatic amines is 1. The topological polar surface area (TPSA) is 70.7 Å². The number of nitrogens with zero attached hydrogens (tertiary/aromatic N) is 3. The van der Waals surface area contributed by atoms with Crippen LogP contribution >= 0.6 is 11.6 Å². The van der Waals surface area contributed by atoms with E-state index in [4.69, 9.17) is 21.1 Å². The molecule has 1 saturated heterocycles. The van der Waals surface area contributed by atoms with Gasteiger partial charge in [0.15, 0.2) is 11.5 Å². The highest BCUT2D eigenvalue weighted by Gasteiger charge is 2.24. The van der Waals surface area contributed by atoms with Crippen LogP contribution in [0.3, 0.4) is 0 Å². The van der Waals surface area contributed by atoms with Gasteiger partial charge in [-0.1, -0.05) is 29.8 Å². The molecule has 0 unspecified atom stereocenters. The highest BCUT2D eigenvalue weighted by Crippen LogP contribution is 2.33. The van der Waals surface area contributed by atoms with Crippen molar-refractivity contribution in [1.29, 1.82) is 0 Å². The highest BCUT2D eigenvalue weighted by molar-refractivity contribution is 6.30. The Bertz CT molecular complexity index is 1080. The van der Waals surface area contributed by atoms with E-state index in [1.165, 1.54) is 5.56 Å². The molecule has 1 fully saturated rings. The van der Waals surface area contributed by atoms with Crippen LogP contribution in [0.5, 0.6) is 11.5 Å². The summed E-state index contributed by atoms with van der Waals surface area (Å²) >= 11 is 6.05. The summed E-state index contributed by atoms with van der Waals surface area (Å²) in [7, 11) is 0. The van der Waals surface area contributed by atoms with Gasteiger partial charge in [0.05, 0.1) is 5.69 Å². The van der Waals surface area contributed by atoms with Crippen molar-refractivity contribution in [2.45, 2.75) is 6.54 Å². The third kappa shape index (κ3) is 3.86. The van der Waals surface area contributed by atoms with E-state index in [-0.39, 0.29) is 12.7 Å². The lowest BCUT2D eigenvalue weighted by Gasteiger charge is -2.34. The normalized spacial score (nSPS) is 16.1. The molecule has 0 bridgehead atoms. The second-order valence-electron chi connectivity index (χ2n) is 7.43. The predicted octanol–water partition coefficient (Wildman–Crippen LogP) is 3.42. The molecule has 30 heavy (non-hydrogen) atoms. The number of aromatic nitrogens is 2. The van der Waals surface area contributed by atoms with E-state index in [9.17, 15) is 4.79 Å². The van der Waals surface area contributed by atoms with Crippen LogP contribution in [0.2, 0.25) is 5.02 Å². The Labute approximate surface area is 179 Å². The number of amides is 1. The molecule has 0 saturated carbocycles. The molecule has 0 radical (unpaired) electrons. The monoisotopic (exact) mass is 424 g/mol. The fraction of sp³-hybridized carbons (Fsp3) is 0.273. The van der Waals surface area contributed by atoms with Crippen molar-refractivity contribution in [3.63, 3.8) is 0 Å². The number of halogens is 1. The molecule has 8 heteroatoms. The Hall–Kier alpha value is -3.03. The molecule has 1 amide bonds. The Balaban J connectivity index is 1.19. The maximum absolute atomic E-state index is 12.9. The summed E-state index contributed by atoms with van der Waals surface area (Å²) in [5.74, 6) is 1.57. The summed E-state index contributed by atoms with van der Waals surface area (Å²) in [5, 5.41) is 7.79. The Morgan fingerprint density at radius 1 is 1.03 bits per heavy atom. The lowest BCUT2D eigenvalue weighted by atomic mass is 10.1. The van der Waals surface area contributed by atoms with Crippen LogP contribution in [0.4, 0.5) is 0 Å². The standard InChI is InChI=1S/C22H21ClN4O3/c23-17-3-1-2-16(11-17)18-12-19(25-24-18)22(28)27-8-6-26(7-9-27)13-15-4-5-20-21(10-15)30-14-29-20/h1-5,10-12H,6-9,13-14H2,(H,24,25). The Morgan fingerprint density at radius 3 is 2.70 bits per heavy atom. The molecule has 3 aromatic rings. The first-order valence-electron chi connectivity index (χ1n) is 9.87. The minimum atomic E-state index is -0.0292. The van der Waals surface area contributed by atoms with Gasteiger partial charge >= 0.3 is 0 Å². The first-order valence-corrected chi connectivity index (χ1v) is 10.2. The zero-order valence-corrected chi connectivity index (χ0v) is 17.1. The van der Waals surface area contributed by atoms with Crippen molar-refractivity contribution in [3.05, 3.63) is 64.8 Å². The van der Waals surface area contributed by atoms with Gasteiger partial charge in [-0.3, -0.25) is 14.8 Å². The molecular weight excluding hydrogens is 404 g/mol. The van der Waals surface area contributed by atoms with Crippen molar-refractivity contribution in [1.82, 2.24) is 20.0 Å². The number of rotatable bonds is 4. The van der Waals surface area contributed by atoms with E-state index >= 15 is 0 Å². The number of carbonyl (C=O) groups excluding carboxylic acids is 1. The number of carbonyl (C=O) groups is 1. The third-order valence-corrected chi connectivity index (χ3v) is 5.67. The zero-order valence-electron chi connectivity index (χ0n) is 16.3. The number of hydrogen-bond donors (Lipinski definition) is 1. The molecule has 154 valence electrons. The summed E-state index contributed by atoms with van der Waals surface area (Å²) in [6, 6.07) is 15.3. The number of fused-ring (bicyclic) bond motifs is 1. The lowest BCUT2D eigenvalue weighted by molar-refractivity contribution is 0.0622. The minimum Gasteiger partial charge on any atom is -0.454 e. The summed E-state index contributed by atoms with van der Waals surface area (Å²) in [6.45, 7) is 4.09. The molecule has 3 heterocycles. The van der Waals surface area contributed by atoms with E-state index in [1.54, 1.807) is 6.07 Å². The fourth-order valence-corrected chi connectivity index (χ4v) is 3.99. The number of ether oxygens (including phenoxy) is 2. The molecule has 1 N–H and O–H groups in total. The second kappa shape index (κ2) is 8.01. The van der Waals surface area contributed by atoms with Crippen LogP contribution in [0.1, 0.15) is 16.1 Å². The highest BCUT2D eigenvalue weighted by atomic mass is 35.5. The van der Waals surface area contributed by atoms with Gasteiger partial charge in [-0.2, -0.15) is 5.10 Å². The van der Waals surface area contributed by atoms with Gasteiger partial charge in [-0.15, -0.1) is 0 Å². The van der Waals surface area contributed by atoms with E-state index in [0.717, 1.165) is 36.7 Å². The second-order valence-corrected chi connectivity index (χ2v) is 7.87. The van der Waals surface area contributed by atoms with Crippen molar-refractivity contribution >= 4 is 17.5 Å². The predicted molar refractivity (Wildman–Crippen MR) is 113 cm³/mol. The van der Waals surface area contributed by atoms with Crippen molar-refractivity contribution in [2.24, 2.45) is 0 Å². The van der Waals surface area contributed by atoms with Gasteiger partial charge in [-0.25, -0.2) is 0 Å². The summed E-state index contributed by atoms with van der Waals surface area (Å²) in [6.07, 6.45) is 0. The van der Waals surface area contributed by atoms with Gasteiger partial charge < -0.3 is 14.4 Å². The maximum Gasteiger partial charge on any atom is 0.271 e. The van der Waals surface area contributed by atoms with Gasteiger partial charge in [0.25, 0.3) is 5.91 Å². The van der Waals surface area contributed by atoms with Crippen LogP contribution in [0.15, 0.2) is 48.5 Å². The zero-order chi connectivity index (χ0) is 20.5. The maximum atomic E-state index is 12.9. The number of piperazine rings is 1. The van der Waals surface area contributed by atoms with Crippen molar-refractivity contribution in [3.8, 4) is 22.8 Å². The molecule has 2 aliphatic rings. The first kappa shape index (κ1) is 19.0. The smallest absolute Gasteiger partial charge is 0.271 e. The Morgan fingerprint density at radius 2 is 1.87 bits per heavy atom. The van der Waals surface area contributed by atoms with E-state index in [1.807, 2.05) is 41.3 Å². The molecular formula is C22H21ClN4O3. The van der Waals surface area contributed by atoms with Crippen molar-refractivity contribution < 1.29 is 14.3 Å². The molecule has 1 aromatic heterocycles. The molecule has 2 aromatic carbocycles. The number of benzene rings is 2. The first-order chi connectivity index (χ1) is 14.7. The molecule has 0 spiro atoms. The number of H-pyrrole nitrogens is 1. The summed E-state index contributed by atoms with van der Waals surface area (Å²) < 4.78 is 10.8.